The highest BCUT2D eigenvalue weighted by atomic mass is 32.1. The van der Waals surface area contributed by atoms with E-state index in [1.807, 2.05) is 0 Å². The molecule has 2 aromatic heterocycles. The Labute approximate surface area is 118 Å². The van der Waals surface area contributed by atoms with Crippen molar-refractivity contribution in [1.29, 1.82) is 0 Å². The third-order valence-electron chi connectivity index (χ3n) is 2.37. The molecule has 0 fully saturated rings. The van der Waals surface area contributed by atoms with Gasteiger partial charge in [0.2, 0.25) is 0 Å². The summed E-state index contributed by atoms with van der Waals surface area (Å²) in [6, 6.07) is 1.65. The molecular formula is C12H12N4O3S. The standard InChI is InChI=1S/C12H12N4O3S/c17-11(18)2-1-10-7-9(8-20-10)12(19)13-3-5-16-6-4-14-15-16/h1-2,4,6-8H,3,5H2,(H,13,19)(H,17,18)/b2-1+. The van der Waals surface area contributed by atoms with Crippen LogP contribution in [0.1, 0.15) is 15.2 Å². The van der Waals surface area contributed by atoms with Crippen molar-refractivity contribution >= 4 is 29.3 Å². The maximum atomic E-state index is 11.8. The molecule has 8 heteroatoms. The van der Waals surface area contributed by atoms with Crippen LogP contribution >= 0.6 is 11.3 Å². The molecule has 2 N–H and O–H groups in total. The van der Waals surface area contributed by atoms with Crippen molar-refractivity contribution in [3.05, 3.63) is 40.4 Å². The van der Waals surface area contributed by atoms with E-state index in [1.165, 1.54) is 17.4 Å². The number of amides is 1. The second-order valence-corrected chi connectivity index (χ2v) is 4.77. The van der Waals surface area contributed by atoms with Crippen LogP contribution in [0.5, 0.6) is 0 Å². The van der Waals surface area contributed by atoms with E-state index in [2.05, 4.69) is 15.6 Å². The molecule has 1 amide bonds. The first-order chi connectivity index (χ1) is 9.65. The Morgan fingerprint density at radius 1 is 1.50 bits per heavy atom. The highest BCUT2D eigenvalue weighted by molar-refractivity contribution is 7.11. The number of aromatic nitrogens is 3. The van der Waals surface area contributed by atoms with E-state index in [0.717, 1.165) is 6.08 Å². The Morgan fingerprint density at radius 2 is 2.35 bits per heavy atom. The summed E-state index contributed by atoms with van der Waals surface area (Å²) in [5.74, 6) is -1.21. The Hall–Kier alpha value is -2.48. The SMILES string of the molecule is O=C(O)/C=C/c1cc(C(=O)NCCn2ccnn2)cs1. The third kappa shape index (κ3) is 4.02. The quantitative estimate of drug-likeness (QED) is 0.770. The van der Waals surface area contributed by atoms with Crippen molar-refractivity contribution in [1.82, 2.24) is 20.3 Å². The average Bonchev–Trinajstić information content (AvgIpc) is 3.07. The van der Waals surface area contributed by atoms with Crippen LogP contribution < -0.4 is 5.32 Å². The van der Waals surface area contributed by atoms with Gasteiger partial charge in [0.1, 0.15) is 0 Å². The van der Waals surface area contributed by atoms with E-state index in [9.17, 15) is 9.59 Å². The van der Waals surface area contributed by atoms with Crippen molar-refractivity contribution in [3.63, 3.8) is 0 Å². The highest BCUT2D eigenvalue weighted by Gasteiger charge is 2.07. The minimum absolute atomic E-state index is 0.198. The Morgan fingerprint density at radius 3 is 3.05 bits per heavy atom. The molecule has 0 aliphatic heterocycles. The van der Waals surface area contributed by atoms with Gasteiger partial charge < -0.3 is 10.4 Å². The molecule has 0 aliphatic rings. The van der Waals surface area contributed by atoms with Gasteiger partial charge in [0.25, 0.3) is 5.91 Å². The summed E-state index contributed by atoms with van der Waals surface area (Å²) in [4.78, 5) is 22.9. The van der Waals surface area contributed by atoms with Crippen molar-refractivity contribution in [2.24, 2.45) is 0 Å². The van der Waals surface area contributed by atoms with Gasteiger partial charge in [-0.25, -0.2) is 4.79 Å². The number of aliphatic carboxylic acids is 1. The lowest BCUT2D eigenvalue weighted by molar-refractivity contribution is -0.131. The summed E-state index contributed by atoms with van der Waals surface area (Å²) in [7, 11) is 0. The Balaban J connectivity index is 1.84. The number of carboxylic acids is 1. The second kappa shape index (κ2) is 6.62. The van der Waals surface area contributed by atoms with Crippen LogP contribution in [0.15, 0.2) is 29.9 Å². The summed E-state index contributed by atoms with van der Waals surface area (Å²) in [6.45, 7) is 0.986. The normalized spacial score (nSPS) is 10.8. The molecule has 7 nitrogen and oxygen atoms in total. The number of carbonyl (C=O) groups is 2. The zero-order chi connectivity index (χ0) is 14.4. The Bertz CT molecular complexity index is 618. The molecular weight excluding hydrogens is 280 g/mol. The van der Waals surface area contributed by atoms with Gasteiger partial charge in [-0.15, -0.1) is 16.4 Å². The molecule has 2 heterocycles. The summed E-state index contributed by atoms with van der Waals surface area (Å²) >= 11 is 1.31. The van der Waals surface area contributed by atoms with Gasteiger partial charge in [-0.1, -0.05) is 5.21 Å². The smallest absolute Gasteiger partial charge is 0.328 e. The van der Waals surface area contributed by atoms with Crippen LogP contribution in [0.4, 0.5) is 0 Å². The zero-order valence-electron chi connectivity index (χ0n) is 10.4. The first kappa shape index (κ1) is 13.9. The predicted molar refractivity (Wildman–Crippen MR) is 73.3 cm³/mol. The predicted octanol–water partition coefficient (Wildman–Crippen LogP) is 0.867. The largest absolute Gasteiger partial charge is 0.478 e. The lowest BCUT2D eigenvalue weighted by atomic mass is 10.3. The lowest BCUT2D eigenvalue weighted by Crippen LogP contribution is -2.27. The van der Waals surface area contributed by atoms with Crippen LogP contribution in [0, 0.1) is 0 Å². The van der Waals surface area contributed by atoms with Gasteiger partial charge >= 0.3 is 5.97 Å². The van der Waals surface area contributed by atoms with Gasteiger partial charge in [-0.2, -0.15) is 0 Å². The molecule has 0 saturated carbocycles. The van der Waals surface area contributed by atoms with Crippen molar-refractivity contribution in [2.75, 3.05) is 6.54 Å². The molecule has 0 unspecified atom stereocenters. The number of rotatable bonds is 6. The minimum atomic E-state index is -1.02. The number of thiophene rings is 1. The molecule has 0 aliphatic carbocycles. The molecule has 0 atom stereocenters. The van der Waals surface area contributed by atoms with E-state index < -0.39 is 5.97 Å². The maximum absolute atomic E-state index is 11.8. The monoisotopic (exact) mass is 292 g/mol. The average molecular weight is 292 g/mol. The van der Waals surface area contributed by atoms with Crippen LogP contribution in [0.25, 0.3) is 6.08 Å². The van der Waals surface area contributed by atoms with Crippen LogP contribution in [0.2, 0.25) is 0 Å². The number of carbonyl (C=O) groups excluding carboxylic acids is 1. The molecule has 2 aromatic rings. The van der Waals surface area contributed by atoms with Gasteiger partial charge in [0.05, 0.1) is 18.3 Å². The molecule has 104 valence electrons. The van der Waals surface area contributed by atoms with E-state index in [4.69, 9.17) is 5.11 Å². The lowest BCUT2D eigenvalue weighted by Gasteiger charge is -2.02. The minimum Gasteiger partial charge on any atom is -0.478 e. The van der Waals surface area contributed by atoms with Gasteiger partial charge in [-0.05, 0) is 12.1 Å². The summed E-state index contributed by atoms with van der Waals surface area (Å²) in [5, 5.41) is 20.4. The Kier molecular flexibility index (Phi) is 4.61. The molecule has 0 saturated heterocycles. The van der Waals surface area contributed by atoms with Gasteiger partial charge in [-0.3, -0.25) is 9.48 Å². The maximum Gasteiger partial charge on any atom is 0.328 e. The number of nitrogens with zero attached hydrogens (tertiary/aromatic N) is 3. The number of nitrogens with one attached hydrogen (secondary N) is 1. The molecule has 0 aromatic carbocycles. The molecule has 0 radical (unpaired) electrons. The van der Waals surface area contributed by atoms with Crippen LogP contribution in [0.3, 0.4) is 0 Å². The van der Waals surface area contributed by atoms with Crippen LogP contribution in [-0.2, 0) is 11.3 Å². The fraction of sp³-hybridized carbons (Fsp3) is 0.167. The molecule has 0 bridgehead atoms. The zero-order valence-corrected chi connectivity index (χ0v) is 11.2. The third-order valence-corrected chi connectivity index (χ3v) is 3.27. The van der Waals surface area contributed by atoms with Crippen molar-refractivity contribution < 1.29 is 14.7 Å². The summed E-state index contributed by atoms with van der Waals surface area (Å²) < 4.78 is 1.62. The molecule has 20 heavy (non-hydrogen) atoms. The number of carboxylic acid groups (broad SMARTS) is 1. The summed E-state index contributed by atoms with van der Waals surface area (Å²) in [5.41, 5.74) is 0.513. The molecule has 2 rings (SSSR count). The van der Waals surface area contributed by atoms with E-state index >= 15 is 0 Å². The van der Waals surface area contributed by atoms with E-state index in [-0.39, 0.29) is 5.91 Å². The van der Waals surface area contributed by atoms with Gasteiger partial charge in [0.15, 0.2) is 0 Å². The number of hydrogen-bond donors (Lipinski definition) is 2. The van der Waals surface area contributed by atoms with Crippen LogP contribution in [-0.4, -0.2) is 38.5 Å². The van der Waals surface area contributed by atoms with Crippen molar-refractivity contribution in [3.8, 4) is 0 Å². The van der Waals surface area contributed by atoms with Gasteiger partial charge in [0, 0.05) is 29.1 Å². The first-order valence-electron chi connectivity index (χ1n) is 5.77. The van der Waals surface area contributed by atoms with E-state index in [0.29, 0.717) is 23.5 Å². The molecule has 0 spiro atoms. The summed E-state index contributed by atoms with van der Waals surface area (Å²) in [6.07, 6.45) is 5.78. The second-order valence-electron chi connectivity index (χ2n) is 3.83. The first-order valence-corrected chi connectivity index (χ1v) is 6.65. The highest BCUT2D eigenvalue weighted by Crippen LogP contribution is 2.16. The topological polar surface area (TPSA) is 97.1 Å². The fourth-order valence-corrected chi connectivity index (χ4v) is 2.23. The fourth-order valence-electron chi connectivity index (χ4n) is 1.45. The number of hydrogen-bond acceptors (Lipinski definition) is 5. The van der Waals surface area contributed by atoms with Crippen molar-refractivity contribution in [2.45, 2.75) is 6.54 Å². The van der Waals surface area contributed by atoms with E-state index in [1.54, 1.807) is 28.5 Å².